The third kappa shape index (κ3) is 5.43. The van der Waals surface area contributed by atoms with Crippen molar-refractivity contribution in [2.75, 3.05) is 31.6 Å². The lowest BCUT2D eigenvalue weighted by atomic mass is 10.1. The maximum Gasteiger partial charge on any atom is 0.319 e. The number of piperidine rings is 1. The van der Waals surface area contributed by atoms with Gasteiger partial charge in [0.25, 0.3) is 0 Å². The summed E-state index contributed by atoms with van der Waals surface area (Å²) in [6.07, 6.45) is 3.24. The predicted molar refractivity (Wildman–Crippen MR) is 94.3 cm³/mol. The van der Waals surface area contributed by atoms with Gasteiger partial charge in [-0.2, -0.15) is 0 Å². The van der Waals surface area contributed by atoms with Crippen molar-refractivity contribution in [3.63, 3.8) is 0 Å². The third-order valence-corrected chi connectivity index (χ3v) is 4.22. The summed E-state index contributed by atoms with van der Waals surface area (Å²) in [6.45, 7) is 10.1. The molecule has 0 radical (unpaired) electrons. The van der Waals surface area contributed by atoms with E-state index in [0.29, 0.717) is 6.61 Å². The Morgan fingerprint density at radius 2 is 2.04 bits per heavy atom. The summed E-state index contributed by atoms with van der Waals surface area (Å²) >= 11 is 0. The Morgan fingerprint density at radius 1 is 1.30 bits per heavy atom. The Hall–Kier alpha value is -1.75. The second-order valence-electron chi connectivity index (χ2n) is 6.12. The molecule has 0 spiro atoms. The number of anilines is 1. The Kier molecular flexibility index (Phi) is 6.71. The summed E-state index contributed by atoms with van der Waals surface area (Å²) < 4.78 is 5.47. The molecule has 0 aliphatic carbocycles. The average Bonchev–Trinajstić information content (AvgIpc) is 2.52. The molecule has 1 aromatic rings. The summed E-state index contributed by atoms with van der Waals surface area (Å²) in [4.78, 5) is 14.6. The first kappa shape index (κ1) is 17.6. The van der Waals surface area contributed by atoms with Crippen LogP contribution in [0.3, 0.4) is 0 Å². The predicted octanol–water partition coefficient (Wildman–Crippen LogP) is 3.39. The summed E-state index contributed by atoms with van der Waals surface area (Å²) in [7, 11) is 0. The molecule has 5 nitrogen and oxygen atoms in total. The van der Waals surface area contributed by atoms with Crippen molar-refractivity contribution in [3.05, 3.63) is 23.8 Å². The number of hydrogen-bond acceptors (Lipinski definition) is 3. The van der Waals surface area contributed by atoms with Crippen LogP contribution in [0.25, 0.3) is 0 Å². The van der Waals surface area contributed by atoms with Gasteiger partial charge in [-0.05, 0) is 63.4 Å². The van der Waals surface area contributed by atoms with E-state index in [4.69, 9.17) is 4.74 Å². The van der Waals surface area contributed by atoms with Crippen molar-refractivity contribution < 1.29 is 9.53 Å². The van der Waals surface area contributed by atoms with Crippen molar-refractivity contribution in [1.82, 2.24) is 10.2 Å². The lowest BCUT2D eigenvalue weighted by Gasteiger charge is -2.32. The van der Waals surface area contributed by atoms with Gasteiger partial charge in [0.05, 0.1) is 6.61 Å². The van der Waals surface area contributed by atoms with Crippen molar-refractivity contribution >= 4 is 11.7 Å². The second-order valence-corrected chi connectivity index (χ2v) is 6.12. The lowest BCUT2D eigenvalue weighted by molar-refractivity contribution is 0.196. The molecule has 0 saturated carbocycles. The number of carbonyl (C=O) groups excluding carboxylic acids is 1. The van der Waals surface area contributed by atoms with E-state index in [2.05, 4.69) is 22.5 Å². The number of nitrogens with zero attached hydrogens (tertiary/aromatic N) is 1. The number of urea groups is 1. The Balaban J connectivity index is 1.81. The SMILES string of the molecule is CCCN1CCC(NC(=O)Nc2ccc(OCC)cc2C)CC1. The number of amides is 2. The molecule has 1 aliphatic rings. The largest absolute Gasteiger partial charge is 0.494 e. The Bertz CT molecular complexity index is 511. The molecule has 1 aliphatic heterocycles. The van der Waals surface area contributed by atoms with Crippen LogP contribution in [-0.2, 0) is 0 Å². The minimum atomic E-state index is -0.119. The maximum atomic E-state index is 12.2. The highest BCUT2D eigenvalue weighted by Gasteiger charge is 2.20. The molecule has 2 rings (SSSR count). The van der Waals surface area contributed by atoms with Crippen LogP contribution in [0.2, 0.25) is 0 Å². The molecular weight excluding hydrogens is 290 g/mol. The maximum absolute atomic E-state index is 12.2. The summed E-state index contributed by atoms with van der Waals surface area (Å²) in [5, 5.41) is 6.03. The third-order valence-electron chi connectivity index (χ3n) is 4.22. The van der Waals surface area contributed by atoms with Crippen LogP contribution in [0.4, 0.5) is 10.5 Å². The number of benzene rings is 1. The summed E-state index contributed by atoms with van der Waals surface area (Å²) in [5.41, 5.74) is 1.83. The molecule has 0 atom stereocenters. The number of aryl methyl sites for hydroxylation is 1. The molecule has 2 amide bonds. The number of likely N-dealkylation sites (tertiary alicyclic amines) is 1. The normalized spacial score (nSPS) is 16.1. The van der Waals surface area contributed by atoms with Crippen molar-refractivity contribution in [3.8, 4) is 5.75 Å². The zero-order chi connectivity index (χ0) is 16.7. The monoisotopic (exact) mass is 319 g/mol. The Morgan fingerprint density at radius 3 is 2.65 bits per heavy atom. The van der Waals surface area contributed by atoms with Gasteiger partial charge >= 0.3 is 6.03 Å². The van der Waals surface area contributed by atoms with E-state index in [1.165, 1.54) is 6.42 Å². The van der Waals surface area contributed by atoms with Gasteiger partial charge < -0.3 is 20.3 Å². The number of ether oxygens (including phenoxy) is 1. The molecule has 0 unspecified atom stereocenters. The summed E-state index contributed by atoms with van der Waals surface area (Å²) in [6, 6.07) is 5.87. The number of hydrogen-bond donors (Lipinski definition) is 2. The standard InChI is InChI=1S/C18H29N3O2/c1-4-10-21-11-8-15(9-12-21)19-18(22)20-17-7-6-16(23-5-2)13-14(17)3/h6-7,13,15H,4-5,8-12H2,1-3H3,(H2,19,20,22). The minimum absolute atomic E-state index is 0.119. The van der Waals surface area contributed by atoms with Crippen molar-refractivity contribution in [2.45, 2.75) is 46.1 Å². The molecule has 1 heterocycles. The van der Waals surface area contributed by atoms with Crippen LogP contribution in [0.15, 0.2) is 18.2 Å². The van der Waals surface area contributed by atoms with Crippen molar-refractivity contribution in [2.24, 2.45) is 0 Å². The molecule has 5 heteroatoms. The zero-order valence-electron chi connectivity index (χ0n) is 14.5. The van der Waals surface area contributed by atoms with Crippen LogP contribution in [0, 0.1) is 6.92 Å². The molecule has 1 saturated heterocycles. The fraction of sp³-hybridized carbons (Fsp3) is 0.611. The van der Waals surface area contributed by atoms with E-state index in [-0.39, 0.29) is 12.1 Å². The lowest BCUT2D eigenvalue weighted by Crippen LogP contribution is -2.46. The number of nitrogens with one attached hydrogen (secondary N) is 2. The van der Waals surface area contributed by atoms with E-state index < -0.39 is 0 Å². The molecule has 128 valence electrons. The van der Waals surface area contributed by atoms with Gasteiger partial charge in [0.15, 0.2) is 0 Å². The minimum Gasteiger partial charge on any atom is -0.494 e. The van der Waals surface area contributed by atoms with Gasteiger partial charge in [0.2, 0.25) is 0 Å². The average molecular weight is 319 g/mol. The topological polar surface area (TPSA) is 53.6 Å². The van der Waals surface area contributed by atoms with E-state index in [1.807, 2.05) is 32.0 Å². The fourth-order valence-corrected chi connectivity index (χ4v) is 2.99. The van der Waals surface area contributed by atoms with E-state index in [9.17, 15) is 4.79 Å². The Labute approximate surface area is 139 Å². The molecule has 0 aromatic heterocycles. The molecule has 2 N–H and O–H groups in total. The van der Waals surface area contributed by atoms with E-state index in [0.717, 1.165) is 49.5 Å². The van der Waals surface area contributed by atoms with Crippen LogP contribution in [0.1, 0.15) is 38.7 Å². The quantitative estimate of drug-likeness (QED) is 0.845. The summed E-state index contributed by atoms with van der Waals surface area (Å²) in [5.74, 6) is 0.833. The van der Waals surface area contributed by atoms with Gasteiger partial charge in [0, 0.05) is 24.8 Å². The van der Waals surface area contributed by atoms with Crippen LogP contribution < -0.4 is 15.4 Å². The van der Waals surface area contributed by atoms with Crippen LogP contribution in [-0.4, -0.2) is 43.2 Å². The molecule has 1 fully saturated rings. The smallest absolute Gasteiger partial charge is 0.319 e. The fourth-order valence-electron chi connectivity index (χ4n) is 2.99. The molecule has 23 heavy (non-hydrogen) atoms. The number of rotatable bonds is 6. The van der Waals surface area contributed by atoms with E-state index in [1.54, 1.807) is 0 Å². The van der Waals surface area contributed by atoms with Crippen LogP contribution >= 0.6 is 0 Å². The van der Waals surface area contributed by atoms with Crippen LogP contribution in [0.5, 0.6) is 5.75 Å². The van der Waals surface area contributed by atoms with E-state index >= 15 is 0 Å². The van der Waals surface area contributed by atoms with Gasteiger partial charge in [0.1, 0.15) is 5.75 Å². The highest BCUT2D eigenvalue weighted by Crippen LogP contribution is 2.21. The first-order valence-electron chi connectivity index (χ1n) is 8.65. The second kappa shape index (κ2) is 8.77. The van der Waals surface area contributed by atoms with Gasteiger partial charge in [-0.15, -0.1) is 0 Å². The van der Waals surface area contributed by atoms with Gasteiger partial charge in [-0.25, -0.2) is 4.79 Å². The first-order chi connectivity index (χ1) is 11.1. The zero-order valence-corrected chi connectivity index (χ0v) is 14.5. The molecular formula is C18H29N3O2. The molecule has 1 aromatic carbocycles. The number of carbonyl (C=O) groups is 1. The highest BCUT2D eigenvalue weighted by molar-refractivity contribution is 5.90. The highest BCUT2D eigenvalue weighted by atomic mass is 16.5. The van der Waals surface area contributed by atoms with Gasteiger partial charge in [-0.1, -0.05) is 6.92 Å². The van der Waals surface area contributed by atoms with Crippen molar-refractivity contribution in [1.29, 1.82) is 0 Å². The van der Waals surface area contributed by atoms with Gasteiger partial charge in [-0.3, -0.25) is 0 Å². The molecule has 0 bridgehead atoms. The first-order valence-corrected chi connectivity index (χ1v) is 8.65.